The predicted octanol–water partition coefficient (Wildman–Crippen LogP) is 4.35. The zero-order valence-electron chi connectivity index (χ0n) is 9.59. The lowest BCUT2D eigenvalue weighted by Crippen LogP contribution is -1.93. The normalized spacial score (nSPS) is 10.8. The SMILES string of the molecule is CCCc1c(CC)ccc2ccccc12. The van der Waals surface area contributed by atoms with Gasteiger partial charge >= 0.3 is 0 Å². The third-order valence-corrected chi connectivity index (χ3v) is 3.02. The molecule has 78 valence electrons. The van der Waals surface area contributed by atoms with E-state index in [4.69, 9.17) is 0 Å². The second-order valence-corrected chi connectivity index (χ2v) is 4.03. The van der Waals surface area contributed by atoms with Gasteiger partial charge in [0.05, 0.1) is 0 Å². The maximum Gasteiger partial charge on any atom is -0.0149 e. The second-order valence-electron chi connectivity index (χ2n) is 4.03. The van der Waals surface area contributed by atoms with Crippen molar-refractivity contribution in [2.45, 2.75) is 33.1 Å². The first-order valence-electron chi connectivity index (χ1n) is 5.86. The molecule has 0 unspecified atom stereocenters. The fourth-order valence-corrected chi connectivity index (χ4v) is 2.26. The number of aryl methyl sites for hydroxylation is 2. The molecule has 0 aliphatic carbocycles. The summed E-state index contributed by atoms with van der Waals surface area (Å²) in [4.78, 5) is 0. The molecule has 15 heavy (non-hydrogen) atoms. The van der Waals surface area contributed by atoms with Crippen molar-refractivity contribution in [3.63, 3.8) is 0 Å². The van der Waals surface area contributed by atoms with Gasteiger partial charge in [0.25, 0.3) is 0 Å². The Hall–Kier alpha value is -1.30. The van der Waals surface area contributed by atoms with Crippen LogP contribution < -0.4 is 0 Å². The molecule has 0 aliphatic heterocycles. The van der Waals surface area contributed by atoms with Gasteiger partial charge in [0.1, 0.15) is 0 Å². The van der Waals surface area contributed by atoms with E-state index in [9.17, 15) is 0 Å². The summed E-state index contributed by atoms with van der Waals surface area (Å²) in [5, 5.41) is 2.82. The van der Waals surface area contributed by atoms with Crippen molar-refractivity contribution in [3.05, 3.63) is 47.5 Å². The van der Waals surface area contributed by atoms with Crippen LogP contribution in [0.15, 0.2) is 36.4 Å². The van der Waals surface area contributed by atoms with Crippen molar-refractivity contribution < 1.29 is 0 Å². The van der Waals surface area contributed by atoms with Crippen LogP contribution >= 0.6 is 0 Å². The molecule has 0 N–H and O–H groups in total. The first-order valence-corrected chi connectivity index (χ1v) is 5.86. The van der Waals surface area contributed by atoms with Crippen molar-refractivity contribution >= 4 is 10.8 Å². The molecule has 0 bridgehead atoms. The van der Waals surface area contributed by atoms with E-state index in [2.05, 4.69) is 50.2 Å². The number of hydrogen-bond acceptors (Lipinski definition) is 0. The van der Waals surface area contributed by atoms with Crippen molar-refractivity contribution in [2.24, 2.45) is 0 Å². The van der Waals surface area contributed by atoms with Gasteiger partial charge in [-0.15, -0.1) is 0 Å². The fraction of sp³-hybridized carbons (Fsp3) is 0.333. The molecule has 2 aromatic carbocycles. The monoisotopic (exact) mass is 198 g/mol. The van der Waals surface area contributed by atoms with Gasteiger partial charge in [-0.3, -0.25) is 0 Å². The highest BCUT2D eigenvalue weighted by atomic mass is 14.1. The Kier molecular flexibility index (Phi) is 3.05. The van der Waals surface area contributed by atoms with Crippen LogP contribution in [0.3, 0.4) is 0 Å². The smallest absolute Gasteiger partial charge is 0.0149 e. The van der Waals surface area contributed by atoms with Crippen LogP contribution in [0.25, 0.3) is 10.8 Å². The minimum Gasteiger partial charge on any atom is -0.0651 e. The summed E-state index contributed by atoms with van der Waals surface area (Å²) in [7, 11) is 0. The molecular weight excluding hydrogens is 180 g/mol. The van der Waals surface area contributed by atoms with E-state index in [1.54, 1.807) is 5.56 Å². The first-order chi connectivity index (χ1) is 7.36. The third kappa shape index (κ3) is 1.90. The molecule has 0 nitrogen and oxygen atoms in total. The second kappa shape index (κ2) is 4.48. The summed E-state index contributed by atoms with van der Waals surface area (Å²) in [6, 6.07) is 13.2. The molecule has 0 heteroatoms. The number of benzene rings is 2. The largest absolute Gasteiger partial charge is 0.0651 e. The summed E-state index contributed by atoms with van der Waals surface area (Å²) < 4.78 is 0. The minimum absolute atomic E-state index is 1.14. The van der Waals surface area contributed by atoms with Gasteiger partial charge in [-0.25, -0.2) is 0 Å². The molecule has 2 aromatic rings. The number of rotatable bonds is 3. The topological polar surface area (TPSA) is 0 Å². The highest BCUT2D eigenvalue weighted by molar-refractivity contribution is 5.86. The molecule has 0 aromatic heterocycles. The maximum atomic E-state index is 2.29. The van der Waals surface area contributed by atoms with E-state index >= 15 is 0 Å². The van der Waals surface area contributed by atoms with Crippen LogP contribution in [0.4, 0.5) is 0 Å². The quantitative estimate of drug-likeness (QED) is 0.687. The van der Waals surface area contributed by atoms with Crippen LogP contribution in [-0.2, 0) is 12.8 Å². The van der Waals surface area contributed by atoms with E-state index < -0.39 is 0 Å². The van der Waals surface area contributed by atoms with Crippen molar-refractivity contribution in [2.75, 3.05) is 0 Å². The van der Waals surface area contributed by atoms with Crippen LogP contribution in [-0.4, -0.2) is 0 Å². The molecule has 0 aliphatic rings. The molecule has 0 heterocycles. The Labute approximate surface area is 91.9 Å². The van der Waals surface area contributed by atoms with Crippen LogP contribution in [0.2, 0.25) is 0 Å². The van der Waals surface area contributed by atoms with E-state index in [-0.39, 0.29) is 0 Å². The highest BCUT2D eigenvalue weighted by Gasteiger charge is 2.04. The van der Waals surface area contributed by atoms with E-state index in [0.717, 1.165) is 6.42 Å². The molecule has 0 spiro atoms. The Balaban J connectivity index is 2.67. The van der Waals surface area contributed by atoms with Gasteiger partial charge in [-0.2, -0.15) is 0 Å². The van der Waals surface area contributed by atoms with E-state index in [0.29, 0.717) is 0 Å². The lowest BCUT2D eigenvalue weighted by molar-refractivity contribution is 0.908. The lowest BCUT2D eigenvalue weighted by atomic mass is 9.94. The number of fused-ring (bicyclic) bond motifs is 1. The molecule has 0 saturated carbocycles. The average molecular weight is 198 g/mol. The molecule has 0 amide bonds. The summed E-state index contributed by atoms with van der Waals surface area (Å²) >= 11 is 0. The van der Waals surface area contributed by atoms with Crippen molar-refractivity contribution in [1.82, 2.24) is 0 Å². The standard InChI is InChI=1S/C15H18/c1-3-7-14-12(4-2)10-11-13-8-5-6-9-15(13)14/h5-6,8-11H,3-4,7H2,1-2H3. The summed E-state index contributed by atoms with van der Waals surface area (Å²) in [5.74, 6) is 0. The molecule has 2 rings (SSSR count). The van der Waals surface area contributed by atoms with Crippen molar-refractivity contribution in [1.29, 1.82) is 0 Å². The summed E-state index contributed by atoms with van der Waals surface area (Å²) in [6.07, 6.45) is 3.56. The lowest BCUT2D eigenvalue weighted by Gasteiger charge is -2.10. The molecule has 0 atom stereocenters. The van der Waals surface area contributed by atoms with Crippen LogP contribution in [0, 0.1) is 0 Å². The van der Waals surface area contributed by atoms with Gasteiger partial charge < -0.3 is 0 Å². The third-order valence-electron chi connectivity index (χ3n) is 3.02. The minimum atomic E-state index is 1.14. The Morgan fingerprint density at radius 1 is 0.933 bits per heavy atom. The molecule has 0 radical (unpaired) electrons. The first kappa shape index (κ1) is 10.2. The summed E-state index contributed by atoms with van der Waals surface area (Å²) in [5.41, 5.74) is 3.06. The highest BCUT2D eigenvalue weighted by Crippen LogP contribution is 2.24. The molecular formula is C15H18. The van der Waals surface area contributed by atoms with E-state index in [1.165, 1.54) is 29.2 Å². The van der Waals surface area contributed by atoms with E-state index in [1.807, 2.05) is 0 Å². The van der Waals surface area contributed by atoms with Gasteiger partial charge in [-0.05, 0) is 34.7 Å². The van der Waals surface area contributed by atoms with Gasteiger partial charge in [0.2, 0.25) is 0 Å². The van der Waals surface area contributed by atoms with Crippen LogP contribution in [0.5, 0.6) is 0 Å². The molecule has 0 saturated heterocycles. The number of hydrogen-bond donors (Lipinski definition) is 0. The average Bonchev–Trinajstić information content (AvgIpc) is 2.30. The zero-order chi connectivity index (χ0) is 10.7. The fourth-order valence-electron chi connectivity index (χ4n) is 2.26. The Morgan fingerprint density at radius 2 is 1.73 bits per heavy atom. The predicted molar refractivity (Wildman–Crippen MR) is 67.3 cm³/mol. The summed E-state index contributed by atoms with van der Waals surface area (Å²) in [6.45, 7) is 4.49. The van der Waals surface area contributed by atoms with Gasteiger partial charge in [-0.1, -0.05) is 56.7 Å². The van der Waals surface area contributed by atoms with Crippen molar-refractivity contribution in [3.8, 4) is 0 Å². The van der Waals surface area contributed by atoms with Gasteiger partial charge in [0, 0.05) is 0 Å². The Morgan fingerprint density at radius 3 is 2.47 bits per heavy atom. The van der Waals surface area contributed by atoms with Gasteiger partial charge in [0.15, 0.2) is 0 Å². The Bertz CT molecular complexity index is 455. The molecule has 0 fully saturated rings. The van der Waals surface area contributed by atoms with Crippen LogP contribution in [0.1, 0.15) is 31.4 Å². The maximum absolute atomic E-state index is 2.29. The zero-order valence-corrected chi connectivity index (χ0v) is 9.59.